The summed E-state index contributed by atoms with van der Waals surface area (Å²) in [7, 11) is 0. The van der Waals surface area contributed by atoms with Crippen molar-refractivity contribution < 1.29 is 18.0 Å². The Morgan fingerprint density at radius 1 is 1.31 bits per heavy atom. The van der Waals surface area contributed by atoms with Crippen LogP contribution in [0.25, 0.3) is 0 Å². The van der Waals surface area contributed by atoms with Gasteiger partial charge in [-0.15, -0.1) is 0 Å². The van der Waals surface area contributed by atoms with Crippen LogP contribution in [0.15, 0.2) is 36.4 Å². The summed E-state index contributed by atoms with van der Waals surface area (Å²) in [4.78, 5) is 12.4. The lowest BCUT2D eigenvalue weighted by molar-refractivity contribution is -0.141. The lowest BCUT2D eigenvalue weighted by Crippen LogP contribution is -2.32. The number of rotatable bonds is 7. The zero-order valence-electron chi connectivity index (χ0n) is 14.6. The molecule has 1 aromatic heterocycles. The van der Waals surface area contributed by atoms with Crippen LogP contribution >= 0.6 is 0 Å². The minimum absolute atomic E-state index is 0.116. The molecule has 7 heteroatoms. The maximum absolute atomic E-state index is 12.9. The molecular weight excluding hydrogens is 343 g/mol. The van der Waals surface area contributed by atoms with Crippen molar-refractivity contribution in [3.05, 3.63) is 53.3 Å². The lowest BCUT2D eigenvalue weighted by Gasteiger charge is -2.16. The van der Waals surface area contributed by atoms with Crippen molar-refractivity contribution in [2.45, 2.75) is 50.7 Å². The molecule has 140 valence electrons. The van der Waals surface area contributed by atoms with E-state index in [1.807, 2.05) is 37.3 Å². The molecule has 1 aliphatic rings. The smallest absolute Gasteiger partial charge is 0.354 e. The highest BCUT2D eigenvalue weighted by atomic mass is 19.4. The first-order valence-corrected chi connectivity index (χ1v) is 8.87. The topological polar surface area (TPSA) is 46.9 Å². The van der Waals surface area contributed by atoms with Crippen LogP contribution in [0.3, 0.4) is 0 Å². The van der Waals surface area contributed by atoms with E-state index < -0.39 is 11.9 Å². The third-order valence-corrected chi connectivity index (χ3v) is 4.65. The van der Waals surface area contributed by atoms with E-state index in [2.05, 4.69) is 10.4 Å². The third-order valence-electron chi connectivity index (χ3n) is 4.65. The summed E-state index contributed by atoms with van der Waals surface area (Å²) < 4.78 is 40.1. The summed E-state index contributed by atoms with van der Waals surface area (Å²) >= 11 is 0. The van der Waals surface area contributed by atoms with Crippen LogP contribution in [0.4, 0.5) is 13.2 Å². The van der Waals surface area contributed by atoms with Crippen molar-refractivity contribution in [1.82, 2.24) is 15.1 Å². The summed E-state index contributed by atoms with van der Waals surface area (Å²) in [5.74, 6) is -0.223. The number of hydrogen-bond donors (Lipinski definition) is 1. The Hall–Kier alpha value is -2.31. The molecule has 1 saturated carbocycles. The predicted octanol–water partition coefficient (Wildman–Crippen LogP) is 4.09. The summed E-state index contributed by atoms with van der Waals surface area (Å²) in [5.41, 5.74) is 0.688. The summed E-state index contributed by atoms with van der Waals surface area (Å²) in [6, 6.07) is 10.6. The molecule has 1 atom stereocenters. The van der Waals surface area contributed by atoms with Gasteiger partial charge in [-0.2, -0.15) is 18.3 Å². The molecule has 0 unspecified atom stereocenters. The van der Waals surface area contributed by atoms with Gasteiger partial charge in [0, 0.05) is 18.2 Å². The molecule has 0 aliphatic heterocycles. The Balaban J connectivity index is 1.62. The van der Waals surface area contributed by atoms with Gasteiger partial charge in [-0.3, -0.25) is 9.48 Å². The number of nitrogens with one attached hydrogen (secondary N) is 1. The van der Waals surface area contributed by atoms with Crippen LogP contribution in [0.1, 0.15) is 55.0 Å². The van der Waals surface area contributed by atoms with Crippen LogP contribution in [-0.4, -0.2) is 22.2 Å². The second kappa shape index (κ2) is 7.51. The van der Waals surface area contributed by atoms with Gasteiger partial charge in [0.05, 0.1) is 12.5 Å². The SMILES string of the molecule is CC[C@H](C(=O)NCCn1nc(C(F)(F)F)cc1C1CC1)c1ccccc1. The average molecular weight is 365 g/mol. The van der Waals surface area contributed by atoms with Crippen molar-refractivity contribution in [2.75, 3.05) is 6.54 Å². The van der Waals surface area contributed by atoms with Crippen LogP contribution in [0.2, 0.25) is 0 Å². The predicted molar refractivity (Wildman–Crippen MR) is 91.7 cm³/mol. The van der Waals surface area contributed by atoms with E-state index in [4.69, 9.17) is 0 Å². The highest BCUT2D eigenvalue weighted by Gasteiger charge is 2.37. The van der Waals surface area contributed by atoms with E-state index in [9.17, 15) is 18.0 Å². The molecule has 3 rings (SSSR count). The maximum atomic E-state index is 12.9. The number of benzene rings is 1. The molecule has 0 spiro atoms. The maximum Gasteiger partial charge on any atom is 0.435 e. The van der Waals surface area contributed by atoms with E-state index in [1.54, 1.807) is 0 Å². The molecule has 1 heterocycles. The first-order chi connectivity index (χ1) is 12.4. The molecule has 1 fully saturated rings. The van der Waals surface area contributed by atoms with Gasteiger partial charge >= 0.3 is 6.18 Å². The number of carbonyl (C=O) groups excluding carboxylic acids is 1. The number of alkyl halides is 3. The fourth-order valence-corrected chi connectivity index (χ4v) is 3.12. The monoisotopic (exact) mass is 365 g/mol. The van der Waals surface area contributed by atoms with Gasteiger partial charge in [0.1, 0.15) is 0 Å². The van der Waals surface area contributed by atoms with E-state index in [0.29, 0.717) is 12.1 Å². The van der Waals surface area contributed by atoms with Gasteiger partial charge in [0.25, 0.3) is 0 Å². The summed E-state index contributed by atoms with van der Waals surface area (Å²) in [6.07, 6.45) is -2.01. The summed E-state index contributed by atoms with van der Waals surface area (Å²) in [6.45, 7) is 2.42. The number of nitrogens with zero attached hydrogens (tertiary/aromatic N) is 2. The van der Waals surface area contributed by atoms with Crippen molar-refractivity contribution >= 4 is 5.91 Å². The second-order valence-corrected chi connectivity index (χ2v) is 6.61. The molecule has 1 N–H and O–H groups in total. The molecule has 1 amide bonds. The first-order valence-electron chi connectivity index (χ1n) is 8.87. The minimum Gasteiger partial charge on any atom is -0.354 e. The molecule has 0 saturated heterocycles. The molecule has 0 bridgehead atoms. The van der Waals surface area contributed by atoms with E-state index >= 15 is 0 Å². The molecule has 4 nitrogen and oxygen atoms in total. The quantitative estimate of drug-likeness (QED) is 0.803. The lowest BCUT2D eigenvalue weighted by atomic mass is 9.96. The van der Waals surface area contributed by atoms with Crippen molar-refractivity contribution in [3.8, 4) is 0 Å². The van der Waals surface area contributed by atoms with Crippen molar-refractivity contribution in [3.63, 3.8) is 0 Å². The van der Waals surface area contributed by atoms with Gasteiger partial charge < -0.3 is 5.32 Å². The number of halogens is 3. The molecule has 0 radical (unpaired) electrons. The number of carbonyl (C=O) groups is 1. The van der Waals surface area contributed by atoms with Crippen LogP contribution in [0, 0.1) is 0 Å². The first kappa shape index (κ1) is 18.5. The van der Waals surface area contributed by atoms with Gasteiger partial charge in [-0.05, 0) is 30.9 Å². The Morgan fingerprint density at radius 2 is 2.00 bits per heavy atom. The minimum atomic E-state index is -4.45. The van der Waals surface area contributed by atoms with Gasteiger partial charge in [0.15, 0.2) is 5.69 Å². The number of amides is 1. The van der Waals surface area contributed by atoms with E-state index in [1.165, 1.54) is 4.68 Å². The van der Waals surface area contributed by atoms with Crippen LogP contribution in [-0.2, 0) is 17.5 Å². The second-order valence-electron chi connectivity index (χ2n) is 6.61. The fraction of sp³-hybridized carbons (Fsp3) is 0.474. The average Bonchev–Trinajstić information content (AvgIpc) is 3.35. The van der Waals surface area contributed by atoms with Gasteiger partial charge in [0.2, 0.25) is 5.91 Å². The number of hydrogen-bond acceptors (Lipinski definition) is 2. The Bertz CT molecular complexity index is 751. The standard InChI is InChI=1S/C19H22F3N3O/c1-2-15(13-6-4-3-5-7-13)18(26)23-10-11-25-16(14-8-9-14)12-17(24-25)19(20,21)22/h3-7,12,14-15H,2,8-11H2,1H3,(H,23,26)/t15-/m0/s1. The molecule has 2 aromatic rings. The Morgan fingerprint density at radius 3 is 2.58 bits per heavy atom. The largest absolute Gasteiger partial charge is 0.435 e. The van der Waals surface area contributed by atoms with Crippen molar-refractivity contribution in [2.24, 2.45) is 0 Å². The number of aromatic nitrogens is 2. The zero-order chi connectivity index (χ0) is 18.7. The van der Waals surface area contributed by atoms with E-state index in [-0.39, 0.29) is 30.8 Å². The van der Waals surface area contributed by atoms with Crippen molar-refractivity contribution in [1.29, 1.82) is 0 Å². The third kappa shape index (κ3) is 4.26. The summed E-state index contributed by atoms with van der Waals surface area (Å²) in [5, 5.41) is 6.54. The van der Waals surface area contributed by atoms with E-state index in [0.717, 1.165) is 24.5 Å². The molecule has 1 aliphatic carbocycles. The van der Waals surface area contributed by atoms with Crippen LogP contribution in [0.5, 0.6) is 0 Å². The highest BCUT2D eigenvalue weighted by Crippen LogP contribution is 2.42. The zero-order valence-corrected chi connectivity index (χ0v) is 14.6. The van der Waals surface area contributed by atoms with Gasteiger partial charge in [-0.25, -0.2) is 0 Å². The fourth-order valence-electron chi connectivity index (χ4n) is 3.12. The molecular formula is C19H22F3N3O. The van der Waals surface area contributed by atoms with Crippen LogP contribution < -0.4 is 5.32 Å². The highest BCUT2D eigenvalue weighted by molar-refractivity contribution is 5.83. The van der Waals surface area contributed by atoms with Gasteiger partial charge in [-0.1, -0.05) is 37.3 Å². The normalized spacial score (nSPS) is 15.7. The Labute approximate surface area is 150 Å². The molecule has 26 heavy (non-hydrogen) atoms. The molecule has 1 aromatic carbocycles. The Kier molecular flexibility index (Phi) is 5.34.